The number of anilines is 1. The summed E-state index contributed by atoms with van der Waals surface area (Å²) in [5.41, 5.74) is 6.76. The fourth-order valence-corrected chi connectivity index (χ4v) is 5.64. The maximum atomic E-state index is 6.33. The number of nitrogens with one attached hydrogen (secondary N) is 2. The maximum Gasteiger partial charge on any atom is 0.170 e. The van der Waals surface area contributed by atoms with Gasteiger partial charge >= 0.3 is 0 Å². The van der Waals surface area contributed by atoms with Crippen LogP contribution in [0.25, 0.3) is 5.69 Å². The van der Waals surface area contributed by atoms with Crippen LogP contribution >= 0.6 is 23.8 Å². The largest absolute Gasteiger partial charge is 0.385 e. The quantitative estimate of drug-likeness (QED) is 0.204. The third-order valence-corrected chi connectivity index (χ3v) is 7.32. The third kappa shape index (κ3) is 4.97. The number of hydrogen-bond acceptors (Lipinski definition) is 3. The van der Waals surface area contributed by atoms with E-state index in [0.717, 1.165) is 52.4 Å². The van der Waals surface area contributed by atoms with Gasteiger partial charge < -0.3 is 20.1 Å². The molecule has 0 aliphatic carbocycles. The Hall–Kier alpha value is -3.35. The molecule has 0 unspecified atom stereocenters. The number of pyridine rings is 1. The van der Waals surface area contributed by atoms with Gasteiger partial charge in [0.2, 0.25) is 0 Å². The van der Waals surface area contributed by atoms with E-state index in [4.69, 9.17) is 23.8 Å². The number of halogens is 1. The van der Waals surface area contributed by atoms with Crippen LogP contribution < -0.4 is 10.6 Å². The van der Waals surface area contributed by atoms with Gasteiger partial charge in [0.15, 0.2) is 5.11 Å². The summed E-state index contributed by atoms with van der Waals surface area (Å²) in [7, 11) is 0. The van der Waals surface area contributed by atoms with E-state index < -0.39 is 0 Å². The minimum Gasteiger partial charge on any atom is -0.385 e. The van der Waals surface area contributed by atoms with Gasteiger partial charge in [0.25, 0.3) is 0 Å². The van der Waals surface area contributed by atoms with E-state index in [-0.39, 0.29) is 12.1 Å². The summed E-state index contributed by atoms with van der Waals surface area (Å²) in [5.74, 6) is 0. The van der Waals surface area contributed by atoms with Crippen LogP contribution in [0, 0.1) is 13.8 Å². The van der Waals surface area contributed by atoms with E-state index in [0.29, 0.717) is 0 Å². The Bertz CT molecular complexity index is 1340. The number of para-hydroxylation sites is 1. The van der Waals surface area contributed by atoms with E-state index in [1.165, 1.54) is 11.3 Å². The van der Waals surface area contributed by atoms with Crippen LogP contribution in [0.3, 0.4) is 0 Å². The number of nitrogens with zero attached hydrogens (tertiary/aromatic N) is 3. The molecule has 1 aliphatic rings. The predicted molar refractivity (Wildman–Crippen MR) is 152 cm³/mol. The fourth-order valence-electron chi connectivity index (χ4n) is 5.12. The molecular formula is C29H30ClN5S. The first kappa shape index (κ1) is 24.3. The molecule has 2 N–H and O–H groups in total. The normalized spacial score (nSPS) is 17.3. The Balaban J connectivity index is 1.46. The Morgan fingerprint density at radius 2 is 1.81 bits per heavy atom. The van der Waals surface area contributed by atoms with Gasteiger partial charge in [0.1, 0.15) is 0 Å². The number of rotatable bonds is 8. The second-order valence-corrected chi connectivity index (χ2v) is 9.93. The minimum atomic E-state index is -0.0332. The summed E-state index contributed by atoms with van der Waals surface area (Å²) in [5, 5.41) is 8.58. The fraction of sp³-hybridized carbons (Fsp3) is 0.241. The smallest absolute Gasteiger partial charge is 0.170 e. The van der Waals surface area contributed by atoms with Gasteiger partial charge in [0, 0.05) is 47.1 Å². The van der Waals surface area contributed by atoms with E-state index in [1.54, 1.807) is 0 Å². The van der Waals surface area contributed by atoms with Crippen LogP contribution in [0.1, 0.15) is 41.1 Å². The van der Waals surface area contributed by atoms with Gasteiger partial charge in [-0.15, -0.1) is 0 Å². The Kier molecular flexibility index (Phi) is 7.25. The Labute approximate surface area is 223 Å². The Morgan fingerprint density at radius 1 is 1.00 bits per heavy atom. The topological polar surface area (TPSA) is 45.1 Å². The lowest BCUT2D eigenvalue weighted by Gasteiger charge is -2.28. The molecule has 4 aromatic rings. The molecule has 7 heteroatoms. The first-order chi connectivity index (χ1) is 17.5. The zero-order chi connectivity index (χ0) is 25.1. The minimum absolute atomic E-state index is 0.0308. The predicted octanol–water partition coefficient (Wildman–Crippen LogP) is 6.62. The van der Waals surface area contributed by atoms with Gasteiger partial charge in [-0.2, -0.15) is 0 Å². The number of benzene rings is 2. The second kappa shape index (κ2) is 10.7. The van der Waals surface area contributed by atoms with Gasteiger partial charge in [0.05, 0.1) is 17.8 Å². The molecular weight excluding hydrogens is 486 g/mol. The van der Waals surface area contributed by atoms with Gasteiger partial charge in [-0.1, -0.05) is 41.9 Å². The van der Waals surface area contributed by atoms with Crippen molar-refractivity contribution in [3.8, 4) is 5.69 Å². The molecule has 1 saturated heterocycles. The summed E-state index contributed by atoms with van der Waals surface area (Å²) in [6.07, 6.45) is 2.80. The molecule has 0 spiro atoms. The molecule has 2 atom stereocenters. The summed E-state index contributed by atoms with van der Waals surface area (Å²) in [6.45, 7) is 6.02. The van der Waals surface area contributed by atoms with E-state index in [1.807, 2.05) is 54.7 Å². The van der Waals surface area contributed by atoms with Crippen molar-refractivity contribution in [3.63, 3.8) is 0 Å². The SMILES string of the molecule is Cc1cc([C@@H]2[C@@H](c3ccccn3)NC(=S)N2CCCNc2ccccc2)c(C)n1-c1cccc(Cl)c1. The lowest BCUT2D eigenvalue weighted by Crippen LogP contribution is -2.31. The van der Waals surface area contributed by atoms with Crippen LogP contribution in [-0.4, -0.2) is 32.7 Å². The van der Waals surface area contributed by atoms with Crippen molar-refractivity contribution in [2.45, 2.75) is 32.4 Å². The van der Waals surface area contributed by atoms with Gasteiger partial charge in [-0.3, -0.25) is 4.98 Å². The average Bonchev–Trinajstić information content (AvgIpc) is 3.37. The molecule has 2 aromatic heterocycles. The lowest BCUT2D eigenvalue weighted by atomic mass is 9.96. The average molecular weight is 516 g/mol. The van der Waals surface area contributed by atoms with E-state index in [9.17, 15) is 0 Å². The first-order valence-electron chi connectivity index (χ1n) is 12.2. The van der Waals surface area contributed by atoms with Gasteiger partial charge in [-0.05, 0) is 86.6 Å². The molecule has 1 fully saturated rings. The zero-order valence-corrected chi connectivity index (χ0v) is 22.1. The van der Waals surface area contributed by atoms with Crippen molar-refractivity contribution in [2.24, 2.45) is 0 Å². The molecule has 2 aromatic carbocycles. The number of aromatic nitrogens is 2. The molecule has 1 aliphatic heterocycles. The van der Waals surface area contributed by atoms with Crippen LogP contribution in [0.2, 0.25) is 5.02 Å². The Morgan fingerprint density at radius 3 is 2.56 bits per heavy atom. The molecule has 5 rings (SSSR count). The van der Waals surface area contributed by atoms with Gasteiger partial charge in [-0.25, -0.2) is 0 Å². The number of thiocarbonyl (C=S) groups is 1. The summed E-state index contributed by atoms with van der Waals surface area (Å²) in [6, 6.07) is 26.6. The number of hydrogen-bond donors (Lipinski definition) is 2. The van der Waals surface area contributed by atoms with E-state index in [2.05, 4.69) is 69.3 Å². The van der Waals surface area contributed by atoms with Crippen LogP contribution in [0.15, 0.2) is 85.1 Å². The zero-order valence-electron chi connectivity index (χ0n) is 20.5. The molecule has 0 radical (unpaired) electrons. The second-order valence-electron chi connectivity index (χ2n) is 9.11. The molecule has 3 heterocycles. The van der Waals surface area contributed by atoms with Crippen LogP contribution in [0.5, 0.6) is 0 Å². The molecule has 36 heavy (non-hydrogen) atoms. The first-order valence-corrected chi connectivity index (χ1v) is 13.0. The van der Waals surface area contributed by atoms with Crippen molar-refractivity contribution in [1.29, 1.82) is 0 Å². The highest BCUT2D eigenvalue weighted by atomic mass is 35.5. The van der Waals surface area contributed by atoms with E-state index >= 15 is 0 Å². The molecule has 5 nitrogen and oxygen atoms in total. The van der Waals surface area contributed by atoms with Crippen molar-refractivity contribution in [1.82, 2.24) is 19.8 Å². The highest BCUT2D eigenvalue weighted by molar-refractivity contribution is 7.80. The summed E-state index contributed by atoms with van der Waals surface area (Å²) >= 11 is 12.2. The lowest BCUT2D eigenvalue weighted by molar-refractivity contribution is 0.315. The number of aryl methyl sites for hydroxylation is 1. The molecule has 184 valence electrons. The third-order valence-electron chi connectivity index (χ3n) is 6.73. The van der Waals surface area contributed by atoms with Crippen molar-refractivity contribution in [3.05, 3.63) is 113 Å². The maximum absolute atomic E-state index is 6.33. The summed E-state index contributed by atoms with van der Waals surface area (Å²) < 4.78 is 2.27. The monoisotopic (exact) mass is 515 g/mol. The van der Waals surface area contributed by atoms with Crippen molar-refractivity contribution >= 4 is 34.6 Å². The van der Waals surface area contributed by atoms with Crippen LogP contribution in [0.4, 0.5) is 5.69 Å². The van der Waals surface area contributed by atoms with Crippen LogP contribution in [-0.2, 0) is 0 Å². The molecule has 0 bridgehead atoms. The molecule has 0 saturated carbocycles. The standard InChI is InChI=1S/C29H30ClN5S/c1-20-18-25(21(2)35(20)24-13-8-10-22(30)19-24)28-27(26-14-6-7-15-32-26)33-29(36)34(28)17-9-16-31-23-11-4-3-5-12-23/h3-8,10-15,18-19,27-28,31H,9,16-17H2,1-2H3,(H,33,36)/t27-,28-/m1/s1. The highest BCUT2D eigenvalue weighted by Gasteiger charge is 2.41. The van der Waals surface area contributed by atoms with Crippen molar-refractivity contribution < 1.29 is 0 Å². The highest BCUT2D eigenvalue weighted by Crippen LogP contribution is 2.41. The summed E-state index contributed by atoms with van der Waals surface area (Å²) in [4.78, 5) is 7.01. The molecule has 0 amide bonds. The van der Waals surface area contributed by atoms with Crippen molar-refractivity contribution in [2.75, 3.05) is 18.4 Å².